The van der Waals surface area contributed by atoms with Crippen molar-refractivity contribution < 1.29 is 9.53 Å². The van der Waals surface area contributed by atoms with E-state index in [0.29, 0.717) is 41.6 Å². The lowest BCUT2D eigenvalue weighted by molar-refractivity contribution is 0.101. The molecule has 0 unspecified atom stereocenters. The molecule has 1 amide bonds. The van der Waals surface area contributed by atoms with Gasteiger partial charge in [-0.15, -0.1) is 0 Å². The fourth-order valence-electron chi connectivity index (χ4n) is 4.28. The summed E-state index contributed by atoms with van der Waals surface area (Å²) in [5.41, 5.74) is 4.68. The second-order valence-electron chi connectivity index (χ2n) is 8.62. The molecule has 0 radical (unpaired) electrons. The van der Waals surface area contributed by atoms with Crippen molar-refractivity contribution in [2.75, 3.05) is 12.4 Å². The Balaban J connectivity index is 1.38. The highest BCUT2D eigenvalue weighted by Gasteiger charge is 2.29. The predicted molar refractivity (Wildman–Crippen MR) is 118 cm³/mol. The molecule has 31 heavy (non-hydrogen) atoms. The Bertz CT molecular complexity index is 1040. The van der Waals surface area contributed by atoms with E-state index in [4.69, 9.17) is 9.72 Å². The van der Waals surface area contributed by atoms with Crippen molar-refractivity contribution >= 4 is 11.7 Å². The molecule has 1 saturated carbocycles. The molecule has 8 heteroatoms. The Kier molecular flexibility index (Phi) is 6.18. The topological polar surface area (TPSA) is 97.7 Å². The maximum absolute atomic E-state index is 12.6. The van der Waals surface area contributed by atoms with Crippen molar-refractivity contribution in [3.63, 3.8) is 0 Å². The number of pyridine rings is 1. The number of hydrogen-bond donors (Lipinski definition) is 2. The number of aromatic amines is 1. The van der Waals surface area contributed by atoms with Gasteiger partial charge in [-0.1, -0.05) is 19.9 Å². The van der Waals surface area contributed by atoms with Crippen LogP contribution in [-0.4, -0.2) is 38.0 Å². The first-order valence-electron chi connectivity index (χ1n) is 10.8. The number of anilines is 1. The molecule has 164 valence electrons. The Morgan fingerprint density at radius 1 is 1.29 bits per heavy atom. The number of methoxy groups -OCH3 is 1. The quantitative estimate of drug-likeness (QED) is 0.597. The number of rotatable bonds is 7. The first kappa shape index (κ1) is 21.2. The molecule has 0 aromatic carbocycles. The van der Waals surface area contributed by atoms with E-state index in [1.807, 2.05) is 12.3 Å². The zero-order chi connectivity index (χ0) is 22.0. The molecule has 3 aromatic rings. The molecule has 3 aromatic heterocycles. The second-order valence-corrected chi connectivity index (χ2v) is 8.62. The van der Waals surface area contributed by atoms with E-state index >= 15 is 0 Å². The summed E-state index contributed by atoms with van der Waals surface area (Å²) in [6.45, 7) is 4.74. The molecule has 3 heterocycles. The van der Waals surface area contributed by atoms with Gasteiger partial charge < -0.3 is 10.1 Å². The predicted octanol–water partition coefficient (Wildman–Crippen LogP) is 4.11. The number of H-pyrrole nitrogens is 1. The van der Waals surface area contributed by atoms with Crippen LogP contribution in [0.1, 0.15) is 84.0 Å². The normalized spacial score (nSPS) is 18.6. The van der Waals surface area contributed by atoms with Crippen molar-refractivity contribution in [2.45, 2.75) is 57.5 Å². The number of hydrogen-bond acceptors (Lipinski definition) is 5. The maximum Gasteiger partial charge on any atom is 0.275 e. The summed E-state index contributed by atoms with van der Waals surface area (Å²) in [5, 5.41) is 14.6. The van der Waals surface area contributed by atoms with Crippen molar-refractivity contribution in [1.82, 2.24) is 25.0 Å². The highest BCUT2D eigenvalue weighted by molar-refractivity contribution is 6.02. The zero-order valence-electron chi connectivity index (χ0n) is 18.6. The van der Waals surface area contributed by atoms with Gasteiger partial charge in [0, 0.05) is 49.6 Å². The molecule has 0 saturated heterocycles. The molecule has 8 nitrogen and oxygen atoms in total. The van der Waals surface area contributed by atoms with Crippen LogP contribution in [0.3, 0.4) is 0 Å². The summed E-state index contributed by atoms with van der Waals surface area (Å²) >= 11 is 0. The molecule has 0 spiro atoms. The fourth-order valence-corrected chi connectivity index (χ4v) is 4.28. The minimum Gasteiger partial charge on any atom is -0.378 e. The Morgan fingerprint density at radius 3 is 2.81 bits per heavy atom. The zero-order valence-corrected chi connectivity index (χ0v) is 18.6. The minimum absolute atomic E-state index is 0.242. The summed E-state index contributed by atoms with van der Waals surface area (Å²) in [4.78, 5) is 17.3. The van der Waals surface area contributed by atoms with Crippen LogP contribution in [0.4, 0.5) is 5.82 Å². The lowest BCUT2D eigenvalue weighted by Crippen LogP contribution is -2.16. The van der Waals surface area contributed by atoms with Crippen LogP contribution in [0, 0.1) is 0 Å². The smallest absolute Gasteiger partial charge is 0.275 e. The molecule has 2 atom stereocenters. The van der Waals surface area contributed by atoms with Crippen LogP contribution >= 0.6 is 0 Å². The Labute approximate surface area is 182 Å². The van der Waals surface area contributed by atoms with Crippen LogP contribution in [0.5, 0.6) is 0 Å². The van der Waals surface area contributed by atoms with Gasteiger partial charge in [0.15, 0.2) is 5.82 Å². The van der Waals surface area contributed by atoms with Crippen molar-refractivity contribution in [3.8, 4) is 0 Å². The van der Waals surface area contributed by atoms with Crippen molar-refractivity contribution in [1.29, 1.82) is 0 Å². The van der Waals surface area contributed by atoms with Gasteiger partial charge in [-0.25, -0.2) is 0 Å². The van der Waals surface area contributed by atoms with Crippen LogP contribution in [0.25, 0.3) is 0 Å². The fraction of sp³-hybridized carbons (Fsp3) is 0.478. The van der Waals surface area contributed by atoms with E-state index in [2.05, 4.69) is 46.6 Å². The molecule has 0 bridgehead atoms. The largest absolute Gasteiger partial charge is 0.378 e. The van der Waals surface area contributed by atoms with Crippen LogP contribution in [0.15, 0.2) is 30.5 Å². The summed E-state index contributed by atoms with van der Waals surface area (Å²) < 4.78 is 6.63. The van der Waals surface area contributed by atoms with Gasteiger partial charge in [0.1, 0.15) is 5.69 Å². The van der Waals surface area contributed by atoms with Gasteiger partial charge in [0.05, 0.1) is 12.3 Å². The maximum atomic E-state index is 12.6. The molecule has 4 rings (SSSR count). The van der Waals surface area contributed by atoms with Gasteiger partial charge >= 0.3 is 0 Å². The van der Waals surface area contributed by atoms with Gasteiger partial charge in [0.2, 0.25) is 0 Å². The third-order valence-corrected chi connectivity index (χ3v) is 6.06. The highest BCUT2D eigenvalue weighted by Crippen LogP contribution is 2.42. The molecule has 1 fully saturated rings. The van der Waals surface area contributed by atoms with E-state index < -0.39 is 0 Å². The van der Waals surface area contributed by atoms with E-state index in [-0.39, 0.29) is 5.91 Å². The van der Waals surface area contributed by atoms with Crippen LogP contribution < -0.4 is 5.32 Å². The molecular weight excluding hydrogens is 392 g/mol. The van der Waals surface area contributed by atoms with Gasteiger partial charge in [-0.3, -0.25) is 19.6 Å². The van der Waals surface area contributed by atoms with Gasteiger partial charge in [-0.05, 0) is 42.9 Å². The van der Waals surface area contributed by atoms with Crippen molar-refractivity contribution in [3.05, 3.63) is 58.8 Å². The summed E-state index contributed by atoms with van der Waals surface area (Å²) in [6.07, 6.45) is 5.23. The number of carbonyl (C=O) groups excluding carboxylic acids is 1. The number of aromatic nitrogens is 5. The molecule has 1 aliphatic carbocycles. The molecule has 1 aliphatic rings. The monoisotopic (exact) mass is 422 g/mol. The standard InChI is InChI=1S/C23H30N6O2/c1-14(2)17-7-8-19(24-12-17)15-5-6-16(9-15)20-11-22(27-26-20)25-23(30)21-10-18(13-31-4)28-29(21)3/h7-8,10-12,14-16H,5-6,9,13H2,1-4H3,(H2,25,26,27,30)/t15-,16-/m1/s1. The van der Waals surface area contributed by atoms with Crippen molar-refractivity contribution in [2.24, 2.45) is 7.05 Å². The first-order valence-corrected chi connectivity index (χ1v) is 10.8. The minimum atomic E-state index is -0.242. The molecule has 0 aliphatic heterocycles. The number of nitrogens with zero attached hydrogens (tertiary/aromatic N) is 4. The van der Waals surface area contributed by atoms with E-state index in [0.717, 1.165) is 25.0 Å². The number of carbonyl (C=O) groups is 1. The SMILES string of the molecule is COCc1cc(C(=O)Nc2cc([C@@H]3CC[C@@H](c4ccc(C(C)C)cn4)C3)[nH]n2)n(C)n1. The number of aryl methyl sites for hydroxylation is 1. The third-order valence-electron chi connectivity index (χ3n) is 6.06. The average Bonchev–Trinajstić information content (AvgIpc) is 3.48. The number of ether oxygens (including phenoxy) is 1. The van der Waals surface area contributed by atoms with Gasteiger partial charge in [0.25, 0.3) is 5.91 Å². The third kappa shape index (κ3) is 4.69. The van der Waals surface area contributed by atoms with E-state index in [1.54, 1.807) is 24.9 Å². The molecule has 2 N–H and O–H groups in total. The summed E-state index contributed by atoms with van der Waals surface area (Å²) in [5.74, 6) is 1.63. The van der Waals surface area contributed by atoms with Crippen LogP contribution in [0.2, 0.25) is 0 Å². The lowest BCUT2D eigenvalue weighted by atomic mass is 9.98. The Morgan fingerprint density at radius 2 is 2.10 bits per heavy atom. The number of nitrogens with one attached hydrogen (secondary N) is 2. The van der Waals surface area contributed by atoms with E-state index in [1.165, 1.54) is 11.3 Å². The lowest BCUT2D eigenvalue weighted by Gasteiger charge is -2.11. The first-order chi connectivity index (χ1) is 14.9. The average molecular weight is 423 g/mol. The number of amides is 1. The van der Waals surface area contributed by atoms with E-state index in [9.17, 15) is 4.79 Å². The Hall–Kier alpha value is -3.00. The summed E-state index contributed by atoms with van der Waals surface area (Å²) in [7, 11) is 3.34. The molecular formula is C23H30N6O2. The highest BCUT2D eigenvalue weighted by atomic mass is 16.5. The second kappa shape index (κ2) is 9.01. The van der Waals surface area contributed by atoms with Gasteiger partial charge in [-0.2, -0.15) is 10.2 Å². The van der Waals surface area contributed by atoms with Crippen LogP contribution in [-0.2, 0) is 18.4 Å². The summed E-state index contributed by atoms with van der Waals surface area (Å²) in [6, 6.07) is 8.03.